The smallest absolute Gasteiger partial charge is 0.340 e. The molecule has 3 rings (SSSR count). The van der Waals surface area contributed by atoms with Gasteiger partial charge in [0.05, 0.1) is 31.0 Å². The molecule has 0 aliphatic rings. The van der Waals surface area contributed by atoms with E-state index in [-0.39, 0.29) is 0 Å². The molecular weight excluding hydrogens is 308 g/mol. The molecule has 0 spiro atoms. The van der Waals surface area contributed by atoms with Crippen molar-refractivity contribution in [2.45, 2.75) is 0 Å². The third kappa shape index (κ3) is 2.69. The van der Waals surface area contributed by atoms with Gasteiger partial charge in [0.2, 0.25) is 0 Å². The Morgan fingerprint density at radius 2 is 1.71 bits per heavy atom. The molecule has 0 bridgehead atoms. The molecule has 1 aromatic heterocycles. The lowest BCUT2D eigenvalue weighted by Gasteiger charge is -2.10. The summed E-state index contributed by atoms with van der Waals surface area (Å²) >= 11 is 0. The summed E-state index contributed by atoms with van der Waals surface area (Å²) in [7, 11) is 2.84. The van der Waals surface area contributed by atoms with Crippen LogP contribution in [0.3, 0.4) is 0 Å². The van der Waals surface area contributed by atoms with Gasteiger partial charge in [0.15, 0.2) is 0 Å². The molecule has 0 atom stereocenters. The number of aromatic nitrogens is 1. The van der Waals surface area contributed by atoms with E-state index in [9.17, 15) is 9.59 Å². The van der Waals surface area contributed by atoms with Crippen molar-refractivity contribution in [3.8, 4) is 5.75 Å². The fraction of sp³-hybridized carbons (Fsp3) is 0.111. The summed E-state index contributed by atoms with van der Waals surface area (Å²) in [6.45, 7) is 0. The molecule has 0 saturated heterocycles. The van der Waals surface area contributed by atoms with Crippen LogP contribution in [0.5, 0.6) is 5.75 Å². The molecule has 0 fully saturated rings. The standard InChI is InChI=1S/C18H16N2O4/c1-23-16-10-6-4-8-14(16)19-18(22)20-11-13(17(21)24-2)12-7-3-5-9-15(12)20/h3-11H,1-2H3,(H,19,22). The predicted octanol–water partition coefficient (Wildman–Crippen LogP) is 3.52. The first-order chi connectivity index (χ1) is 11.7. The number of rotatable bonds is 3. The maximum absolute atomic E-state index is 12.7. The zero-order valence-electron chi connectivity index (χ0n) is 13.3. The van der Waals surface area contributed by atoms with Gasteiger partial charge >= 0.3 is 12.0 Å². The van der Waals surface area contributed by atoms with E-state index < -0.39 is 12.0 Å². The van der Waals surface area contributed by atoms with Crippen molar-refractivity contribution in [1.29, 1.82) is 0 Å². The van der Waals surface area contributed by atoms with E-state index in [1.165, 1.54) is 25.0 Å². The number of amides is 1. The van der Waals surface area contributed by atoms with Crippen molar-refractivity contribution in [2.75, 3.05) is 19.5 Å². The topological polar surface area (TPSA) is 69.6 Å². The Kier molecular flexibility index (Phi) is 4.20. The monoisotopic (exact) mass is 324 g/mol. The molecule has 6 nitrogen and oxygen atoms in total. The van der Waals surface area contributed by atoms with Crippen LogP contribution in [0.1, 0.15) is 10.4 Å². The van der Waals surface area contributed by atoms with Gasteiger partial charge in [-0.3, -0.25) is 4.57 Å². The fourth-order valence-corrected chi connectivity index (χ4v) is 2.54. The number of para-hydroxylation sites is 3. The Bertz CT molecular complexity index is 914. The number of carbonyl (C=O) groups excluding carboxylic acids is 2. The molecule has 1 N–H and O–H groups in total. The molecule has 6 heteroatoms. The molecule has 122 valence electrons. The number of benzene rings is 2. The van der Waals surface area contributed by atoms with Crippen LogP contribution in [0.4, 0.5) is 10.5 Å². The van der Waals surface area contributed by atoms with Crippen molar-refractivity contribution in [2.24, 2.45) is 0 Å². The van der Waals surface area contributed by atoms with Crippen molar-refractivity contribution in [1.82, 2.24) is 4.57 Å². The van der Waals surface area contributed by atoms with E-state index in [0.29, 0.717) is 27.9 Å². The van der Waals surface area contributed by atoms with Crippen LogP contribution in [0.25, 0.3) is 10.9 Å². The maximum Gasteiger partial charge on any atom is 0.340 e. The molecule has 1 heterocycles. The Morgan fingerprint density at radius 3 is 2.46 bits per heavy atom. The second-order valence-corrected chi connectivity index (χ2v) is 5.05. The summed E-state index contributed by atoms with van der Waals surface area (Å²) in [5.41, 5.74) is 1.50. The van der Waals surface area contributed by atoms with Crippen LogP contribution < -0.4 is 10.1 Å². The first-order valence-corrected chi connectivity index (χ1v) is 7.28. The molecule has 0 saturated carbocycles. The van der Waals surface area contributed by atoms with Crippen LogP contribution in [-0.4, -0.2) is 30.8 Å². The molecule has 0 aliphatic carbocycles. The lowest BCUT2D eigenvalue weighted by atomic mass is 10.2. The SMILES string of the molecule is COC(=O)c1cn(C(=O)Nc2ccccc2OC)c2ccccc12. The van der Waals surface area contributed by atoms with E-state index in [1.807, 2.05) is 6.07 Å². The van der Waals surface area contributed by atoms with Crippen molar-refractivity contribution < 1.29 is 19.1 Å². The number of fused-ring (bicyclic) bond motifs is 1. The van der Waals surface area contributed by atoms with Crippen molar-refractivity contribution in [3.05, 3.63) is 60.3 Å². The van der Waals surface area contributed by atoms with E-state index >= 15 is 0 Å². The lowest BCUT2D eigenvalue weighted by Crippen LogP contribution is -2.19. The first-order valence-electron chi connectivity index (χ1n) is 7.28. The average molecular weight is 324 g/mol. The van der Waals surface area contributed by atoms with Gasteiger partial charge in [-0.2, -0.15) is 0 Å². The average Bonchev–Trinajstić information content (AvgIpc) is 3.01. The molecule has 0 aliphatic heterocycles. The fourth-order valence-electron chi connectivity index (χ4n) is 2.54. The summed E-state index contributed by atoms with van der Waals surface area (Å²) in [6.07, 6.45) is 1.47. The molecule has 0 unspecified atom stereocenters. The number of nitrogens with one attached hydrogen (secondary N) is 1. The van der Waals surface area contributed by atoms with Crippen molar-refractivity contribution in [3.63, 3.8) is 0 Å². The van der Waals surface area contributed by atoms with E-state index in [0.717, 1.165) is 0 Å². The highest BCUT2D eigenvalue weighted by molar-refractivity contribution is 6.08. The number of esters is 1. The van der Waals surface area contributed by atoms with Gasteiger partial charge in [-0.05, 0) is 18.2 Å². The normalized spacial score (nSPS) is 10.4. The van der Waals surface area contributed by atoms with Gasteiger partial charge in [0, 0.05) is 11.6 Å². The molecular formula is C18H16N2O4. The molecule has 24 heavy (non-hydrogen) atoms. The Hall–Kier alpha value is -3.28. The number of anilines is 1. The second kappa shape index (κ2) is 6.45. The number of carbonyl (C=O) groups is 2. The highest BCUT2D eigenvalue weighted by atomic mass is 16.5. The predicted molar refractivity (Wildman–Crippen MR) is 90.7 cm³/mol. The Morgan fingerprint density at radius 1 is 1.00 bits per heavy atom. The molecule has 3 aromatic rings. The maximum atomic E-state index is 12.7. The summed E-state index contributed by atoms with van der Waals surface area (Å²) in [6, 6.07) is 13.9. The van der Waals surface area contributed by atoms with Crippen LogP contribution in [-0.2, 0) is 4.74 Å². The third-order valence-electron chi connectivity index (χ3n) is 3.68. The van der Waals surface area contributed by atoms with Gasteiger partial charge in [-0.15, -0.1) is 0 Å². The van der Waals surface area contributed by atoms with Gasteiger partial charge in [-0.1, -0.05) is 30.3 Å². The van der Waals surface area contributed by atoms with Gasteiger partial charge in [-0.25, -0.2) is 9.59 Å². The Labute approximate surface area is 138 Å². The van der Waals surface area contributed by atoms with Crippen LogP contribution in [0.15, 0.2) is 54.7 Å². The third-order valence-corrected chi connectivity index (χ3v) is 3.68. The molecule has 0 radical (unpaired) electrons. The minimum atomic E-state index is -0.491. The highest BCUT2D eigenvalue weighted by Gasteiger charge is 2.19. The van der Waals surface area contributed by atoms with E-state index in [4.69, 9.17) is 9.47 Å². The van der Waals surface area contributed by atoms with Gasteiger partial charge < -0.3 is 14.8 Å². The van der Waals surface area contributed by atoms with Crippen LogP contribution in [0.2, 0.25) is 0 Å². The highest BCUT2D eigenvalue weighted by Crippen LogP contribution is 2.25. The largest absolute Gasteiger partial charge is 0.495 e. The number of methoxy groups -OCH3 is 2. The quantitative estimate of drug-likeness (QED) is 0.748. The number of ether oxygens (including phenoxy) is 2. The molecule has 2 aromatic carbocycles. The number of hydrogen-bond donors (Lipinski definition) is 1. The molecule has 1 amide bonds. The minimum Gasteiger partial charge on any atom is -0.495 e. The van der Waals surface area contributed by atoms with Crippen LogP contribution >= 0.6 is 0 Å². The Balaban J connectivity index is 2.03. The number of hydrogen-bond acceptors (Lipinski definition) is 4. The van der Waals surface area contributed by atoms with E-state index in [1.54, 1.807) is 42.5 Å². The van der Waals surface area contributed by atoms with E-state index in [2.05, 4.69) is 5.32 Å². The summed E-state index contributed by atoms with van der Waals surface area (Å²) in [4.78, 5) is 24.6. The minimum absolute atomic E-state index is 0.336. The zero-order chi connectivity index (χ0) is 17.1. The second-order valence-electron chi connectivity index (χ2n) is 5.05. The van der Waals surface area contributed by atoms with Gasteiger partial charge in [0.25, 0.3) is 0 Å². The number of nitrogens with zero attached hydrogens (tertiary/aromatic N) is 1. The zero-order valence-corrected chi connectivity index (χ0v) is 13.3. The summed E-state index contributed by atoms with van der Waals surface area (Å²) < 4.78 is 11.4. The first kappa shape index (κ1) is 15.6. The van der Waals surface area contributed by atoms with Crippen molar-refractivity contribution >= 4 is 28.6 Å². The van der Waals surface area contributed by atoms with Crippen LogP contribution in [0, 0.1) is 0 Å². The summed E-state index contributed by atoms with van der Waals surface area (Å²) in [5.74, 6) is 0.0607. The lowest BCUT2D eigenvalue weighted by molar-refractivity contribution is 0.0603. The van der Waals surface area contributed by atoms with Gasteiger partial charge in [0.1, 0.15) is 5.75 Å². The summed E-state index contributed by atoms with van der Waals surface area (Å²) in [5, 5.41) is 3.44.